The van der Waals surface area contributed by atoms with Crippen LogP contribution in [-0.2, 0) is 14.3 Å². The number of ether oxygens (including phenoxy) is 2. The Labute approximate surface area is 306 Å². The predicted molar refractivity (Wildman–Crippen MR) is 203 cm³/mol. The zero-order valence-corrected chi connectivity index (χ0v) is 32.2. The number of amides is 1. The van der Waals surface area contributed by atoms with Crippen LogP contribution in [0.15, 0.2) is 12.2 Å². The van der Waals surface area contributed by atoms with E-state index in [0.717, 1.165) is 38.5 Å². The summed E-state index contributed by atoms with van der Waals surface area (Å²) in [5.41, 5.74) is 0. The zero-order valence-electron chi connectivity index (χ0n) is 32.2. The van der Waals surface area contributed by atoms with E-state index in [2.05, 4.69) is 19.2 Å². The second-order valence-electron chi connectivity index (χ2n) is 14.8. The molecular weight excluding hydrogens is 634 g/mol. The van der Waals surface area contributed by atoms with Gasteiger partial charge in [0.25, 0.3) is 0 Å². The van der Waals surface area contributed by atoms with Crippen molar-refractivity contribution in [3.63, 3.8) is 0 Å². The highest BCUT2D eigenvalue weighted by atomic mass is 16.7. The first-order valence-electron chi connectivity index (χ1n) is 20.9. The molecule has 2 unspecified atom stereocenters. The second-order valence-corrected chi connectivity index (χ2v) is 14.8. The number of unbranched alkanes of at least 4 members (excludes halogenated alkanes) is 24. The standard InChI is InChI=1S/C41H79NO8/c1-3-5-7-9-11-13-14-15-16-17-18-19-20-21-23-25-27-29-31-37(45)42-34(35(44)30-28-26-24-22-12-10-8-6-4-2)33-49-41-40(48)39(47)38(46)36(32-43)50-41/h28,30,34-36,38-41,43-44,46-48H,3-27,29,31-33H2,1-2H3,(H,42,45)/b30-28+/t34-,35+,36+,38-,39?,40?,41+/m0/s1. The number of allylic oxidation sites excluding steroid dienone is 1. The number of carbonyl (C=O) groups is 1. The Morgan fingerprint density at radius 2 is 1.10 bits per heavy atom. The Morgan fingerprint density at radius 1 is 0.660 bits per heavy atom. The first kappa shape index (κ1) is 47.0. The fourth-order valence-corrected chi connectivity index (χ4v) is 6.68. The lowest BCUT2D eigenvalue weighted by Crippen LogP contribution is -2.60. The van der Waals surface area contributed by atoms with Crippen molar-refractivity contribution in [2.45, 2.75) is 230 Å². The molecule has 1 saturated heterocycles. The van der Waals surface area contributed by atoms with Crippen LogP contribution in [0.1, 0.15) is 187 Å². The summed E-state index contributed by atoms with van der Waals surface area (Å²) < 4.78 is 11.2. The third kappa shape index (κ3) is 23.5. The van der Waals surface area contributed by atoms with E-state index < -0.39 is 49.5 Å². The van der Waals surface area contributed by atoms with Gasteiger partial charge in [-0.3, -0.25) is 4.79 Å². The van der Waals surface area contributed by atoms with Gasteiger partial charge in [0, 0.05) is 6.42 Å². The van der Waals surface area contributed by atoms with Crippen molar-refractivity contribution in [2.75, 3.05) is 13.2 Å². The van der Waals surface area contributed by atoms with Crippen LogP contribution in [0.2, 0.25) is 0 Å². The van der Waals surface area contributed by atoms with Crippen LogP contribution in [0.5, 0.6) is 0 Å². The molecule has 9 nitrogen and oxygen atoms in total. The van der Waals surface area contributed by atoms with Crippen molar-refractivity contribution < 1.29 is 39.8 Å². The minimum atomic E-state index is -1.56. The van der Waals surface area contributed by atoms with E-state index in [-0.39, 0.29) is 12.5 Å². The van der Waals surface area contributed by atoms with E-state index in [0.29, 0.717) is 6.42 Å². The van der Waals surface area contributed by atoms with Gasteiger partial charge in [0.05, 0.1) is 25.4 Å². The number of rotatable bonds is 34. The van der Waals surface area contributed by atoms with Gasteiger partial charge in [0.1, 0.15) is 24.4 Å². The lowest BCUT2D eigenvalue weighted by atomic mass is 9.99. The molecule has 1 aliphatic heterocycles. The normalized spacial score (nSPS) is 22.3. The van der Waals surface area contributed by atoms with Crippen molar-refractivity contribution in [1.29, 1.82) is 0 Å². The van der Waals surface area contributed by atoms with Gasteiger partial charge in [-0.25, -0.2) is 0 Å². The first-order chi connectivity index (χ1) is 24.3. The average Bonchev–Trinajstić information content (AvgIpc) is 3.11. The van der Waals surface area contributed by atoms with Crippen LogP contribution in [0.4, 0.5) is 0 Å². The van der Waals surface area contributed by atoms with Gasteiger partial charge in [-0.1, -0.05) is 174 Å². The van der Waals surface area contributed by atoms with E-state index in [1.807, 2.05) is 6.08 Å². The van der Waals surface area contributed by atoms with Crippen LogP contribution in [0, 0.1) is 0 Å². The summed E-state index contributed by atoms with van der Waals surface area (Å²) >= 11 is 0. The van der Waals surface area contributed by atoms with Gasteiger partial charge in [-0.05, 0) is 19.3 Å². The smallest absolute Gasteiger partial charge is 0.220 e. The van der Waals surface area contributed by atoms with Crippen molar-refractivity contribution in [1.82, 2.24) is 5.32 Å². The summed E-state index contributed by atoms with van der Waals surface area (Å²) in [6.07, 6.45) is 28.3. The molecule has 0 aliphatic carbocycles. The lowest BCUT2D eigenvalue weighted by molar-refractivity contribution is -0.302. The maximum absolute atomic E-state index is 12.9. The highest BCUT2D eigenvalue weighted by Gasteiger charge is 2.44. The van der Waals surface area contributed by atoms with Gasteiger partial charge in [-0.2, -0.15) is 0 Å². The molecule has 0 radical (unpaired) electrons. The van der Waals surface area contributed by atoms with E-state index in [4.69, 9.17) is 9.47 Å². The summed E-state index contributed by atoms with van der Waals surface area (Å²) in [7, 11) is 0. The molecule has 0 aromatic heterocycles. The van der Waals surface area contributed by atoms with Gasteiger partial charge < -0.3 is 40.3 Å². The molecule has 1 rings (SSSR count). The fourth-order valence-electron chi connectivity index (χ4n) is 6.68. The van der Waals surface area contributed by atoms with Gasteiger partial charge >= 0.3 is 0 Å². The first-order valence-corrected chi connectivity index (χ1v) is 20.9. The van der Waals surface area contributed by atoms with Gasteiger partial charge in [-0.15, -0.1) is 0 Å². The van der Waals surface area contributed by atoms with Crippen LogP contribution in [-0.4, -0.2) is 87.5 Å². The highest BCUT2D eigenvalue weighted by molar-refractivity contribution is 5.76. The lowest BCUT2D eigenvalue weighted by Gasteiger charge is -2.40. The molecule has 1 fully saturated rings. The Balaban J connectivity index is 2.33. The minimum absolute atomic E-state index is 0.177. The average molecular weight is 714 g/mol. The molecule has 1 heterocycles. The quantitative estimate of drug-likeness (QED) is 0.0293. The Bertz CT molecular complexity index is 797. The molecule has 50 heavy (non-hydrogen) atoms. The van der Waals surface area contributed by atoms with E-state index in [1.54, 1.807) is 6.08 Å². The molecule has 296 valence electrons. The minimum Gasteiger partial charge on any atom is -0.394 e. The maximum Gasteiger partial charge on any atom is 0.220 e. The molecule has 0 saturated carbocycles. The second kappa shape index (κ2) is 32.6. The molecular formula is C41H79NO8. The largest absolute Gasteiger partial charge is 0.394 e. The maximum atomic E-state index is 12.9. The van der Waals surface area contributed by atoms with Gasteiger partial charge in [0.15, 0.2) is 6.29 Å². The van der Waals surface area contributed by atoms with Crippen molar-refractivity contribution >= 4 is 5.91 Å². The molecule has 0 bridgehead atoms. The Morgan fingerprint density at radius 3 is 1.56 bits per heavy atom. The third-order valence-electron chi connectivity index (χ3n) is 10.1. The van der Waals surface area contributed by atoms with Crippen molar-refractivity contribution in [3.05, 3.63) is 12.2 Å². The molecule has 0 aromatic carbocycles. The van der Waals surface area contributed by atoms with Gasteiger partial charge in [0.2, 0.25) is 5.91 Å². The Hall–Kier alpha value is -1.07. The van der Waals surface area contributed by atoms with Crippen LogP contribution >= 0.6 is 0 Å². The summed E-state index contributed by atoms with van der Waals surface area (Å²) in [6, 6.07) is -0.796. The molecule has 7 atom stereocenters. The summed E-state index contributed by atoms with van der Waals surface area (Å²) in [5, 5.41) is 53.9. The molecule has 1 amide bonds. The van der Waals surface area contributed by atoms with Crippen LogP contribution in [0.3, 0.4) is 0 Å². The number of carbonyl (C=O) groups excluding carboxylic acids is 1. The van der Waals surface area contributed by atoms with Crippen LogP contribution in [0.25, 0.3) is 0 Å². The molecule has 9 heteroatoms. The highest BCUT2D eigenvalue weighted by Crippen LogP contribution is 2.22. The molecule has 0 aromatic rings. The van der Waals surface area contributed by atoms with E-state index >= 15 is 0 Å². The van der Waals surface area contributed by atoms with E-state index in [1.165, 1.54) is 128 Å². The monoisotopic (exact) mass is 714 g/mol. The molecule has 0 spiro atoms. The number of hydrogen-bond donors (Lipinski definition) is 6. The van der Waals surface area contributed by atoms with Crippen molar-refractivity contribution in [2.24, 2.45) is 0 Å². The zero-order chi connectivity index (χ0) is 36.7. The topological polar surface area (TPSA) is 149 Å². The predicted octanol–water partition coefficient (Wildman–Crippen LogP) is 7.78. The van der Waals surface area contributed by atoms with E-state index in [9.17, 15) is 30.3 Å². The molecule has 1 aliphatic rings. The van der Waals surface area contributed by atoms with Crippen LogP contribution < -0.4 is 5.32 Å². The SMILES string of the molecule is CCCCCCCCC/C=C/[C@@H](O)[C@H](CO[C@@H]1O[C@H](CO)[C@H](O)C(O)C1O)NC(=O)CCCCCCCCCCCCCCCCCCCC. The number of aliphatic hydroxyl groups is 5. The summed E-state index contributed by atoms with van der Waals surface area (Å²) in [5.74, 6) is -0.177. The fraction of sp³-hybridized carbons (Fsp3) is 0.927. The number of nitrogens with one attached hydrogen (secondary N) is 1. The van der Waals surface area contributed by atoms with Crippen molar-refractivity contribution in [3.8, 4) is 0 Å². The number of hydrogen-bond acceptors (Lipinski definition) is 8. The summed E-state index contributed by atoms with van der Waals surface area (Å²) in [6.45, 7) is 3.74. The summed E-state index contributed by atoms with van der Waals surface area (Å²) in [4.78, 5) is 12.9. The Kier molecular flexibility index (Phi) is 30.6. The third-order valence-corrected chi connectivity index (χ3v) is 10.1. The number of aliphatic hydroxyl groups excluding tert-OH is 5. The molecule has 6 N–H and O–H groups in total.